The molecule has 4 aromatic carbocycles. The van der Waals surface area contributed by atoms with E-state index in [9.17, 15) is 4.79 Å². The fourth-order valence-electron chi connectivity index (χ4n) is 3.97. The summed E-state index contributed by atoms with van der Waals surface area (Å²) in [6, 6.07) is 24.3. The third-order valence-electron chi connectivity index (χ3n) is 5.10. The molecule has 116 valence electrons. The average Bonchev–Trinajstić information content (AvgIpc) is 2.92. The van der Waals surface area contributed by atoms with Gasteiger partial charge in [-0.2, -0.15) is 0 Å². The summed E-state index contributed by atoms with van der Waals surface area (Å²) in [5.74, 6) is 0.735. The maximum Gasteiger partial charge on any atom is 0.264 e. The van der Waals surface area contributed by atoms with Gasteiger partial charge in [-0.1, -0.05) is 48.5 Å². The molecule has 0 radical (unpaired) electrons. The molecule has 0 saturated carbocycles. The third-order valence-corrected chi connectivity index (χ3v) is 5.10. The maximum absolute atomic E-state index is 13.2. The molecule has 1 amide bonds. The number of carbonyl (C=O) groups is 1. The van der Waals surface area contributed by atoms with Crippen molar-refractivity contribution in [3.8, 4) is 0 Å². The van der Waals surface area contributed by atoms with Crippen molar-refractivity contribution in [3.63, 3.8) is 0 Å². The van der Waals surface area contributed by atoms with E-state index >= 15 is 0 Å². The number of benzene rings is 4. The lowest BCUT2D eigenvalue weighted by atomic mass is 10.0. The van der Waals surface area contributed by atoms with Gasteiger partial charge >= 0.3 is 0 Å². The van der Waals surface area contributed by atoms with Crippen molar-refractivity contribution in [3.05, 3.63) is 83.9 Å². The van der Waals surface area contributed by atoms with Crippen molar-refractivity contribution >= 4 is 44.7 Å². The van der Waals surface area contributed by atoms with E-state index in [1.807, 2.05) is 48.5 Å². The molecule has 0 unspecified atom stereocenters. The van der Waals surface area contributed by atoms with Crippen LogP contribution in [0.1, 0.15) is 15.9 Å². The first-order chi connectivity index (χ1) is 12.3. The summed E-state index contributed by atoms with van der Waals surface area (Å²) in [5, 5.41) is 4.34. The van der Waals surface area contributed by atoms with E-state index in [0.717, 1.165) is 49.9 Å². The summed E-state index contributed by atoms with van der Waals surface area (Å²) in [5.41, 5.74) is 3.48. The predicted octanol–water partition coefficient (Wildman–Crippen LogP) is 5.05. The van der Waals surface area contributed by atoms with Crippen LogP contribution in [0.25, 0.3) is 21.5 Å². The Balaban J connectivity index is 1.72. The standard InChI is InChI=1S/C22H12N2O/c25-22-17-12-15-6-2-1-5-14(15)11-16(17)21-23-18-9-3-7-13-8-4-10-19(20(13)18)24(21)22/h1-12H. The Bertz CT molecular complexity index is 1260. The van der Waals surface area contributed by atoms with E-state index in [4.69, 9.17) is 4.99 Å². The Morgan fingerprint density at radius 1 is 0.720 bits per heavy atom. The van der Waals surface area contributed by atoms with Gasteiger partial charge in [-0.3, -0.25) is 9.69 Å². The summed E-state index contributed by atoms with van der Waals surface area (Å²) in [6.45, 7) is 0. The first kappa shape index (κ1) is 12.9. The van der Waals surface area contributed by atoms with Gasteiger partial charge in [0.25, 0.3) is 5.91 Å². The topological polar surface area (TPSA) is 32.7 Å². The summed E-state index contributed by atoms with van der Waals surface area (Å²) >= 11 is 0. The molecule has 0 bridgehead atoms. The highest BCUT2D eigenvalue weighted by Gasteiger charge is 2.38. The van der Waals surface area contributed by atoms with Crippen LogP contribution in [-0.2, 0) is 0 Å². The highest BCUT2D eigenvalue weighted by Crippen LogP contribution is 2.43. The monoisotopic (exact) mass is 320 g/mol. The SMILES string of the molecule is O=C1c2cc3ccccc3cc2C2=Nc3cccc4cccc(c34)N12. The molecule has 3 nitrogen and oxygen atoms in total. The lowest BCUT2D eigenvalue weighted by Crippen LogP contribution is -2.31. The molecule has 0 aliphatic carbocycles. The summed E-state index contributed by atoms with van der Waals surface area (Å²) < 4.78 is 0. The van der Waals surface area contributed by atoms with Gasteiger partial charge in [-0.25, -0.2) is 4.99 Å². The maximum atomic E-state index is 13.2. The molecule has 2 aliphatic rings. The largest absolute Gasteiger partial charge is 0.268 e. The van der Waals surface area contributed by atoms with E-state index in [0.29, 0.717) is 0 Å². The molecule has 2 heterocycles. The summed E-state index contributed by atoms with van der Waals surface area (Å²) in [6.07, 6.45) is 0. The fraction of sp³-hybridized carbons (Fsp3) is 0. The molecule has 0 N–H and O–H groups in total. The second-order valence-electron chi connectivity index (χ2n) is 6.47. The molecule has 3 heteroatoms. The predicted molar refractivity (Wildman–Crippen MR) is 101 cm³/mol. The Kier molecular flexibility index (Phi) is 2.24. The minimum Gasteiger partial charge on any atom is -0.268 e. The van der Waals surface area contributed by atoms with Crippen LogP contribution in [0.2, 0.25) is 0 Å². The molecule has 0 spiro atoms. The van der Waals surface area contributed by atoms with Crippen LogP contribution in [0.15, 0.2) is 77.8 Å². The minimum absolute atomic E-state index is 0.00139. The number of fused-ring (bicyclic) bond motifs is 5. The van der Waals surface area contributed by atoms with Crippen molar-refractivity contribution in [2.24, 2.45) is 4.99 Å². The van der Waals surface area contributed by atoms with Crippen LogP contribution in [0.3, 0.4) is 0 Å². The quantitative estimate of drug-likeness (QED) is 0.446. The number of carbonyl (C=O) groups excluding carboxylic acids is 1. The van der Waals surface area contributed by atoms with Crippen molar-refractivity contribution in [2.75, 3.05) is 4.90 Å². The van der Waals surface area contributed by atoms with Crippen molar-refractivity contribution in [1.29, 1.82) is 0 Å². The van der Waals surface area contributed by atoms with Crippen molar-refractivity contribution in [2.45, 2.75) is 0 Å². The number of rotatable bonds is 0. The molecular weight excluding hydrogens is 308 g/mol. The number of amidine groups is 1. The van der Waals surface area contributed by atoms with E-state index < -0.39 is 0 Å². The summed E-state index contributed by atoms with van der Waals surface area (Å²) in [4.78, 5) is 19.8. The van der Waals surface area contributed by atoms with Gasteiger partial charge < -0.3 is 0 Å². The van der Waals surface area contributed by atoms with Gasteiger partial charge in [0.2, 0.25) is 0 Å². The van der Waals surface area contributed by atoms with E-state index in [2.05, 4.69) is 24.3 Å². The molecular formula is C22H12N2O. The zero-order valence-corrected chi connectivity index (χ0v) is 13.2. The number of aliphatic imine (C=N–C) groups is 1. The third kappa shape index (κ3) is 1.55. The molecule has 25 heavy (non-hydrogen) atoms. The van der Waals surface area contributed by atoms with E-state index in [-0.39, 0.29) is 5.91 Å². The smallest absolute Gasteiger partial charge is 0.264 e. The summed E-state index contributed by atoms with van der Waals surface area (Å²) in [7, 11) is 0. The Morgan fingerprint density at radius 2 is 1.40 bits per heavy atom. The van der Waals surface area contributed by atoms with Crippen molar-refractivity contribution < 1.29 is 4.79 Å². The molecule has 2 aliphatic heterocycles. The van der Waals surface area contributed by atoms with Gasteiger partial charge in [0.15, 0.2) is 0 Å². The fourth-order valence-corrected chi connectivity index (χ4v) is 3.97. The Labute approximate surface area is 143 Å². The molecule has 0 atom stereocenters. The van der Waals surface area contributed by atoms with Crippen LogP contribution in [0.4, 0.5) is 11.4 Å². The molecule has 0 fully saturated rings. The van der Waals surface area contributed by atoms with Gasteiger partial charge in [-0.05, 0) is 40.4 Å². The number of hydrogen-bond acceptors (Lipinski definition) is 2. The van der Waals surface area contributed by atoms with E-state index in [1.54, 1.807) is 4.90 Å². The molecule has 0 saturated heterocycles. The van der Waals surface area contributed by atoms with Gasteiger partial charge in [0, 0.05) is 10.9 Å². The van der Waals surface area contributed by atoms with Crippen LogP contribution >= 0.6 is 0 Å². The highest BCUT2D eigenvalue weighted by molar-refractivity contribution is 6.40. The van der Waals surface area contributed by atoms with Crippen LogP contribution < -0.4 is 4.90 Å². The zero-order chi connectivity index (χ0) is 16.5. The number of hydrogen-bond donors (Lipinski definition) is 0. The minimum atomic E-state index is 0.00139. The van der Waals surface area contributed by atoms with Crippen LogP contribution in [0.5, 0.6) is 0 Å². The van der Waals surface area contributed by atoms with Gasteiger partial charge in [0.1, 0.15) is 5.84 Å². The number of nitrogens with zero attached hydrogens (tertiary/aromatic N) is 2. The first-order valence-corrected chi connectivity index (χ1v) is 8.29. The van der Waals surface area contributed by atoms with Crippen molar-refractivity contribution in [1.82, 2.24) is 0 Å². The van der Waals surface area contributed by atoms with Gasteiger partial charge in [0.05, 0.1) is 16.9 Å². The number of anilines is 1. The Hall–Kier alpha value is -3.46. The zero-order valence-electron chi connectivity index (χ0n) is 13.2. The second-order valence-corrected chi connectivity index (χ2v) is 6.47. The first-order valence-electron chi connectivity index (χ1n) is 8.29. The molecule has 0 aromatic heterocycles. The van der Waals surface area contributed by atoms with Crippen LogP contribution in [0, 0.1) is 0 Å². The lowest BCUT2D eigenvalue weighted by Gasteiger charge is -2.24. The van der Waals surface area contributed by atoms with Crippen LogP contribution in [-0.4, -0.2) is 11.7 Å². The molecule has 4 aromatic rings. The number of amides is 1. The normalized spacial score (nSPS) is 14.6. The molecule has 6 rings (SSSR count). The van der Waals surface area contributed by atoms with E-state index in [1.165, 1.54) is 0 Å². The Morgan fingerprint density at radius 3 is 2.20 bits per heavy atom. The lowest BCUT2D eigenvalue weighted by molar-refractivity contribution is 0.101. The highest BCUT2D eigenvalue weighted by atomic mass is 16.2. The second kappa shape index (κ2) is 4.33. The van der Waals surface area contributed by atoms with Gasteiger partial charge in [-0.15, -0.1) is 0 Å². The average molecular weight is 320 g/mol.